The monoisotopic (exact) mass is 141 g/mol. The van der Waals surface area contributed by atoms with Crippen LogP contribution >= 0.6 is 22.9 Å². The van der Waals surface area contributed by atoms with E-state index in [4.69, 9.17) is 22.9 Å². The molecule has 0 heterocycles. The third kappa shape index (κ3) is 3.21. The zero-order valence-electron chi connectivity index (χ0n) is 4.91. The van der Waals surface area contributed by atoms with Crippen LogP contribution in [0, 0.1) is 0 Å². The normalized spacial score (nSPS) is 12.9. The van der Waals surface area contributed by atoms with Crippen molar-refractivity contribution in [3.05, 3.63) is 0 Å². The Balaban J connectivity index is 3.54. The maximum absolute atomic E-state index is 5.57. The van der Waals surface area contributed by atoms with Gasteiger partial charge in [-0.25, -0.2) is 0 Å². The van der Waals surface area contributed by atoms with Gasteiger partial charge >= 0.3 is 5.68 Å². The Hall–Kier alpha value is 0.605. The summed E-state index contributed by atoms with van der Waals surface area (Å²) < 4.78 is 0.670. The van der Waals surface area contributed by atoms with Crippen LogP contribution in [0.1, 0.15) is 0 Å². The van der Waals surface area contributed by atoms with Crippen LogP contribution in [0.2, 0.25) is 0 Å². The van der Waals surface area contributed by atoms with E-state index >= 15 is 0 Å². The molecule has 0 aliphatic heterocycles. The van der Waals surface area contributed by atoms with Crippen molar-refractivity contribution >= 4 is 28.6 Å². The largest absolute Gasteiger partial charge is 0.499 e. The summed E-state index contributed by atoms with van der Waals surface area (Å²) in [6.07, 6.45) is 0. The van der Waals surface area contributed by atoms with Gasteiger partial charge < -0.3 is 4.39 Å². The molecule has 0 saturated heterocycles. The number of rotatable bonds is 1. The van der Waals surface area contributed by atoms with Crippen molar-refractivity contribution in [2.24, 2.45) is 0 Å². The average molecular weight is 142 g/mol. The molecule has 7 heavy (non-hydrogen) atoms. The van der Waals surface area contributed by atoms with E-state index in [0.717, 1.165) is 0 Å². The zero-order valence-corrected chi connectivity index (χ0v) is 6.42. The number of hydrogen-bond acceptors (Lipinski definition) is 0. The molecule has 0 aliphatic carbocycles. The van der Waals surface area contributed by atoms with Crippen LogP contribution in [0.15, 0.2) is 0 Å². The van der Waals surface area contributed by atoms with Gasteiger partial charge in [0.1, 0.15) is 0 Å². The minimum absolute atomic E-state index is 0.670. The summed E-state index contributed by atoms with van der Waals surface area (Å²) in [5.41, 5.74) is -1.01. The van der Waals surface area contributed by atoms with E-state index in [0.29, 0.717) is 4.39 Å². The van der Waals surface area contributed by atoms with Crippen LogP contribution in [-0.4, -0.2) is 31.2 Å². The van der Waals surface area contributed by atoms with Gasteiger partial charge in [-0.1, -0.05) is 0 Å². The fourth-order valence-corrected chi connectivity index (χ4v) is 0. The zero-order chi connectivity index (χ0) is 6.08. The highest BCUT2D eigenvalue weighted by Gasteiger charge is 2.09. The van der Waals surface area contributed by atoms with Crippen molar-refractivity contribution in [1.29, 1.82) is 0 Å². The first-order valence-electron chi connectivity index (χ1n) is 2.19. The Labute approximate surface area is 54.7 Å². The summed E-state index contributed by atoms with van der Waals surface area (Å²) >= 11 is 11.1. The van der Waals surface area contributed by atoms with Crippen LogP contribution in [0.4, 0.5) is 0 Å². The minimum Gasteiger partial charge on any atom is -0.499 e. The fraction of sp³-hybridized carbons (Fsp3) is 1.00. The van der Waals surface area contributed by atoms with Gasteiger partial charge in [0.05, 0.1) is 0 Å². The molecule has 4 heteroatoms. The topological polar surface area (TPSA) is 0 Å². The van der Waals surface area contributed by atoms with Crippen molar-refractivity contribution < 1.29 is 4.39 Å². The lowest BCUT2D eigenvalue weighted by Crippen LogP contribution is -2.41. The summed E-state index contributed by atoms with van der Waals surface area (Å²) in [5, 5.41) is 0. The summed E-state index contributed by atoms with van der Waals surface area (Å²) in [6, 6.07) is 0. The quantitative estimate of drug-likeness (QED) is 0.476. The van der Waals surface area contributed by atoms with Crippen molar-refractivity contribution in [2.45, 2.75) is 0 Å². The van der Waals surface area contributed by atoms with Gasteiger partial charge in [0.25, 0.3) is 0 Å². The van der Waals surface area contributed by atoms with E-state index in [2.05, 4.69) is 0 Å². The molecule has 0 fully saturated rings. The fourth-order valence-electron chi connectivity index (χ4n) is 0. The van der Waals surface area contributed by atoms with Gasteiger partial charge in [-0.2, -0.15) is 0 Å². The predicted molar refractivity (Wildman–Crippen MR) is 36.9 cm³/mol. The summed E-state index contributed by atoms with van der Waals surface area (Å²) in [7, 11) is 5.92. The third-order valence-electron chi connectivity index (χ3n) is 0.717. The maximum Gasteiger partial charge on any atom is 0.363 e. The van der Waals surface area contributed by atoms with E-state index in [-0.39, 0.29) is 0 Å². The van der Waals surface area contributed by atoms with Crippen LogP contribution in [-0.2, 0) is 0 Å². The summed E-state index contributed by atoms with van der Waals surface area (Å²) in [5.74, 6) is 0. The van der Waals surface area contributed by atoms with Crippen molar-refractivity contribution in [3.63, 3.8) is 0 Å². The molecule has 0 spiro atoms. The van der Waals surface area contributed by atoms with E-state index in [1.165, 1.54) is 0 Å². The van der Waals surface area contributed by atoms with Gasteiger partial charge in [-0.3, -0.25) is 22.9 Å². The Kier molecular flexibility index (Phi) is 2.44. The lowest BCUT2D eigenvalue weighted by Gasteiger charge is -2.34. The molecule has 0 unspecified atom stereocenters. The molecule has 0 amide bonds. The molecule has 0 aromatic carbocycles. The molecule has 0 rings (SSSR count). The van der Waals surface area contributed by atoms with Crippen molar-refractivity contribution in [2.75, 3.05) is 21.1 Å². The highest BCUT2D eigenvalue weighted by atomic mass is 35.5. The molecule has 1 nitrogen and oxygen atoms in total. The lowest BCUT2D eigenvalue weighted by atomic mass is 10.2. The van der Waals surface area contributed by atoms with Crippen molar-refractivity contribution in [3.8, 4) is 0 Å². The first-order valence-corrected chi connectivity index (χ1v) is 3.26. The molecule has 0 aliphatic rings. The molecule has 0 N–H and O–H groups in total. The number of nitrogens with zero attached hydrogens (tertiary/aromatic N) is 1. The van der Waals surface area contributed by atoms with Gasteiger partial charge in [-0.15, -0.1) is 0 Å². The highest BCUT2D eigenvalue weighted by molar-refractivity contribution is 7.30. The molecular weight excluding hydrogens is 132 g/mol. The van der Waals surface area contributed by atoms with E-state index in [1.807, 2.05) is 21.1 Å². The molecule has 0 aromatic rings. The molecule has 0 radical (unpaired) electrons. The molecule has 0 saturated carbocycles. The van der Waals surface area contributed by atoms with Crippen LogP contribution in [0.5, 0.6) is 0 Å². The van der Waals surface area contributed by atoms with Gasteiger partial charge in [0.15, 0.2) is 0 Å². The highest BCUT2D eigenvalue weighted by Crippen LogP contribution is 2.05. The van der Waals surface area contributed by atoms with E-state index in [9.17, 15) is 0 Å². The molecule has 0 atom stereocenters. The average Bonchev–Trinajstić information content (AvgIpc) is 1.31. The molecule has 44 valence electrons. The molecular formula is C3H10BCl2N. The van der Waals surface area contributed by atoms with Crippen molar-refractivity contribution in [1.82, 2.24) is 0 Å². The second kappa shape index (κ2) is 2.25. The summed E-state index contributed by atoms with van der Waals surface area (Å²) in [4.78, 5) is 0. The van der Waals surface area contributed by atoms with Gasteiger partial charge in [0, 0.05) is 21.1 Å². The Morgan fingerprint density at radius 2 is 1.29 bits per heavy atom. The SMILES string of the molecule is C[N+](C)(C)[BH-](Cl)Cl. The second-order valence-electron chi connectivity index (χ2n) is 2.63. The lowest BCUT2D eigenvalue weighted by molar-refractivity contribution is -0.755. The Morgan fingerprint density at radius 1 is 1.14 bits per heavy atom. The van der Waals surface area contributed by atoms with Crippen LogP contribution < -0.4 is 0 Å². The maximum atomic E-state index is 5.57. The standard InChI is InChI=1S/C3H10BCl2N/c1-7(2,3)4(5)6/h4H,1-3H3. The van der Waals surface area contributed by atoms with Crippen LogP contribution in [0.3, 0.4) is 0 Å². The number of hydrogen-bond donors (Lipinski definition) is 0. The van der Waals surface area contributed by atoms with Gasteiger partial charge in [0.2, 0.25) is 0 Å². The minimum atomic E-state index is -1.01. The first kappa shape index (κ1) is 7.60. The van der Waals surface area contributed by atoms with E-state index in [1.54, 1.807) is 0 Å². The molecule has 0 bridgehead atoms. The first-order chi connectivity index (χ1) is 2.94. The third-order valence-corrected chi connectivity index (χ3v) is 2.15. The van der Waals surface area contributed by atoms with Gasteiger partial charge in [-0.05, 0) is 0 Å². The summed E-state index contributed by atoms with van der Waals surface area (Å²) in [6.45, 7) is 0. The van der Waals surface area contributed by atoms with Crippen LogP contribution in [0.25, 0.3) is 0 Å². The number of quaternary nitrogens is 1. The second-order valence-corrected chi connectivity index (χ2v) is 3.92. The Bertz CT molecular complexity index is 58.4. The number of halogens is 2. The smallest absolute Gasteiger partial charge is 0.363 e. The molecule has 0 aromatic heterocycles. The Morgan fingerprint density at radius 3 is 1.29 bits per heavy atom. The van der Waals surface area contributed by atoms with E-state index < -0.39 is 5.68 Å². The predicted octanol–water partition coefficient (Wildman–Crippen LogP) is 0.887.